The van der Waals surface area contributed by atoms with Crippen LogP contribution >= 0.6 is 15.9 Å². The Morgan fingerprint density at radius 3 is 2.75 bits per heavy atom. The Labute approximate surface area is 124 Å². The van der Waals surface area contributed by atoms with Crippen LogP contribution in [0.3, 0.4) is 0 Å². The van der Waals surface area contributed by atoms with Gasteiger partial charge in [0.05, 0.1) is 13.0 Å². The number of benzene rings is 1. The maximum atomic E-state index is 11.5. The molecule has 0 aliphatic rings. The average molecular weight is 346 g/mol. The minimum Gasteiger partial charge on any atom is -0.493 e. The van der Waals surface area contributed by atoms with Gasteiger partial charge in [-0.2, -0.15) is 0 Å². The minimum absolute atomic E-state index is 0.0203. The molecule has 0 aliphatic heterocycles. The van der Waals surface area contributed by atoms with Gasteiger partial charge < -0.3 is 20.3 Å². The lowest BCUT2D eigenvalue weighted by Crippen LogP contribution is -2.41. The smallest absolute Gasteiger partial charge is 0.326 e. The van der Waals surface area contributed by atoms with Crippen LogP contribution in [-0.4, -0.2) is 41.3 Å². The highest BCUT2D eigenvalue weighted by molar-refractivity contribution is 9.10. The van der Waals surface area contributed by atoms with Gasteiger partial charge in [0, 0.05) is 17.5 Å². The first-order chi connectivity index (χ1) is 9.52. The summed E-state index contributed by atoms with van der Waals surface area (Å²) in [6.45, 7) is -0.153. The van der Waals surface area contributed by atoms with Crippen molar-refractivity contribution >= 4 is 27.8 Å². The summed E-state index contributed by atoms with van der Waals surface area (Å²) in [4.78, 5) is 22.3. The maximum Gasteiger partial charge on any atom is 0.326 e. The molecule has 110 valence electrons. The van der Waals surface area contributed by atoms with Crippen LogP contribution < -0.4 is 10.1 Å². The third-order valence-corrected chi connectivity index (χ3v) is 2.94. The van der Waals surface area contributed by atoms with Gasteiger partial charge in [-0.1, -0.05) is 22.0 Å². The highest BCUT2D eigenvalue weighted by atomic mass is 79.9. The summed E-state index contributed by atoms with van der Waals surface area (Å²) in [5.74, 6) is -0.974. The first-order valence-electron chi connectivity index (χ1n) is 6.04. The Morgan fingerprint density at radius 2 is 2.15 bits per heavy atom. The first kappa shape index (κ1) is 16.5. The summed E-state index contributed by atoms with van der Waals surface area (Å²) in [5.41, 5.74) is 0. The van der Waals surface area contributed by atoms with E-state index < -0.39 is 17.9 Å². The molecule has 0 aliphatic carbocycles. The van der Waals surface area contributed by atoms with Gasteiger partial charge in [-0.25, -0.2) is 4.79 Å². The van der Waals surface area contributed by atoms with Gasteiger partial charge in [0.1, 0.15) is 11.8 Å². The first-order valence-corrected chi connectivity index (χ1v) is 6.83. The monoisotopic (exact) mass is 345 g/mol. The van der Waals surface area contributed by atoms with Crippen LogP contribution in [0.25, 0.3) is 0 Å². The van der Waals surface area contributed by atoms with Crippen molar-refractivity contribution in [3.63, 3.8) is 0 Å². The Hall–Kier alpha value is -1.60. The third-order valence-electron chi connectivity index (χ3n) is 2.45. The van der Waals surface area contributed by atoms with E-state index in [1.54, 1.807) is 18.2 Å². The summed E-state index contributed by atoms with van der Waals surface area (Å²) >= 11 is 3.30. The molecule has 0 unspecified atom stereocenters. The van der Waals surface area contributed by atoms with Crippen molar-refractivity contribution in [2.75, 3.05) is 13.2 Å². The number of aliphatic hydroxyl groups excluding tert-OH is 1. The number of aliphatic hydroxyl groups is 1. The van der Waals surface area contributed by atoms with Gasteiger partial charge in [-0.3, -0.25) is 4.79 Å². The molecule has 0 aromatic heterocycles. The number of hydrogen-bond donors (Lipinski definition) is 3. The van der Waals surface area contributed by atoms with Gasteiger partial charge in [-0.15, -0.1) is 0 Å². The molecule has 0 bridgehead atoms. The number of carbonyl (C=O) groups excluding carboxylic acids is 1. The minimum atomic E-state index is -1.17. The average Bonchev–Trinajstić information content (AvgIpc) is 2.38. The Balaban J connectivity index is 2.34. The number of hydrogen-bond acceptors (Lipinski definition) is 4. The molecule has 1 rings (SSSR count). The number of amides is 1. The number of halogens is 1. The van der Waals surface area contributed by atoms with Crippen molar-refractivity contribution in [3.05, 3.63) is 28.7 Å². The lowest BCUT2D eigenvalue weighted by Gasteiger charge is -2.13. The number of nitrogens with one attached hydrogen (secondary N) is 1. The zero-order chi connectivity index (χ0) is 15.0. The molecule has 7 heteroatoms. The van der Waals surface area contributed by atoms with E-state index in [-0.39, 0.29) is 26.1 Å². The van der Waals surface area contributed by atoms with Crippen LogP contribution in [0.15, 0.2) is 28.7 Å². The second kappa shape index (κ2) is 8.55. The summed E-state index contributed by atoms with van der Waals surface area (Å²) in [6.07, 6.45) is 0.0231. The van der Waals surface area contributed by atoms with Crippen molar-refractivity contribution < 1.29 is 24.5 Å². The Bertz CT molecular complexity index is 466. The maximum absolute atomic E-state index is 11.5. The summed E-state index contributed by atoms with van der Waals surface area (Å²) in [5, 5.41) is 19.9. The van der Waals surface area contributed by atoms with E-state index in [9.17, 15) is 9.59 Å². The zero-order valence-corrected chi connectivity index (χ0v) is 12.3. The summed E-state index contributed by atoms with van der Waals surface area (Å²) in [6, 6.07) is 6.11. The largest absolute Gasteiger partial charge is 0.493 e. The highest BCUT2D eigenvalue weighted by Gasteiger charge is 2.18. The van der Waals surface area contributed by atoms with Gasteiger partial charge in [0.25, 0.3) is 0 Å². The standard InChI is InChI=1S/C13H16BrNO5/c14-9-2-1-3-10(8-9)20-7-5-12(17)15-11(4-6-16)13(18)19/h1-3,8,11,16H,4-7H2,(H,15,17)(H,18,19)/t11-/m0/s1. The SMILES string of the molecule is O=C(CCOc1cccc(Br)c1)N[C@@H](CCO)C(=O)O. The van der Waals surface area contributed by atoms with E-state index in [2.05, 4.69) is 21.2 Å². The molecule has 0 saturated heterocycles. The zero-order valence-electron chi connectivity index (χ0n) is 10.7. The number of rotatable bonds is 8. The fourth-order valence-corrected chi connectivity index (χ4v) is 1.85. The van der Waals surface area contributed by atoms with E-state index in [0.717, 1.165) is 4.47 Å². The lowest BCUT2D eigenvalue weighted by atomic mass is 10.2. The molecule has 1 aromatic rings. The third kappa shape index (κ3) is 6.03. The van der Waals surface area contributed by atoms with E-state index in [0.29, 0.717) is 5.75 Å². The fraction of sp³-hybridized carbons (Fsp3) is 0.385. The molecule has 0 fully saturated rings. The molecular formula is C13H16BrNO5. The van der Waals surface area contributed by atoms with E-state index in [1.165, 1.54) is 0 Å². The van der Waals surface area contributed by atoms with Gasteiger partial charge in [-0.05, 0) is 18.2 Å². The van der Waals surface area contributed by atoms with Crippen LogP contribution in [0, 0.1) is 0 Å². The van der Waals surface area contributed by atoms with Gasteiger partial charge in [0.15, 0.2) is 0 Å². The van der Waals surface area contributed by atoms with Crippen LogP contribution in [0.1, 0.15) is 12.8 Å². The number of carboxylic acids is 1. The molecule has 6 nitrogen and oxygen atoms in total. The number of ether oxygens (including phenoxy) is 1. The van der Waals surface area contributed by atoms with Crippen molar-refractivity contribution in [3.8, 4) is 5.75 Å². The van der Waals surface area contributed by atoms with Crippen LogP contribution in [0.4, 0.5) is 0 Å². The molecule has 1 atom stereocenters. The Kier molecular flexibility index (Phi) is 7.03. The second-order valence-corrected chi connectivity index (χ2v) is 4.94. The quantitative estimate of drug-likeness (QED) is 0.657. The molecule has 1 amide bonds. The molecule has 1 aromatic carbocycles. The molecule has 3 N–H and O–H groups in total. The van der Waals surface area contributed by atoms with Gasteiger partial charge in [0.2, 0.25) is 5.91 Å². The number of carbonyl (C=O) groups is 2. The van der Waals surface area contributed by atoms with E-state index in [4.69, 9.17) is 14.9 Å². The molecule has 20 heavy (non-hydrogen) atoms. The predicted octanol–water partition coefficient (Wildman–Crippen LogP) is 1.17. The fourth-order valence-electron chi connectivity index (χ4n) is 1.47. The van der Waals surface area contributed by atoms with Crippen molar-refractivity contribution in [1.29, 1.82) is 0 Å². The molecule has 0 radical (unpaired) electrons. The van der Waals surface area contributed by atoms with Crippen LogP contribution in [0.2, 0.25) is 0 Å². The highest BCUT2D eigenvalue weighted by Crippen LogP contribution is 2.17. The Morgan fingerprint density at radius 1 is 1.40 bits per heavy atom. The number of aliphatic carboxylic acids is 1. The van der Waals surface area contributed by atoms with Crippen LogP contribution in [-0.2, 0) is 9.59 Å². The topological polar surface area (TPSA) is 95.9 Å². The van der Waals surface area contributed by atoms with E-state index >= 15 is 0 Å². The van der Waals surface area contributed by atoms with Gasteiger partial charge >= 0.3 is 5.97 Å². The van der Waals surface area contributed by atoms with Crippen molar-refractivity contribution in [2.45, 2.75) is 18.9 Å². The van der Waals surface area contributed by atoms with Crippen molar-refractivity contribution in [1.82, 2.24) is 5.32 Å². The molecule has 0 saturated carbocycles. The molecule has 0 heterocycles. The van der Waals surface area contributed by atoms with Crippen LogP contribution in [0.5, 0.6) is 5.75 Å². The van der Waals surface area contributed by atoms with E-state index in [1.807, 2.05) is 6.07 Å². The molecular weight excluding hydrogens is 330 g/mol. The normalized spacial score (nSPS) is 11.7. The second-order valence-electron chi connectivity index (χ2n) is 4.03. The lowest BCUT2D eigenvalue weighted by molar-refractivity contribution is -0.142. The summed E-state index contributed by atoms with van der Waals surface area (Å²) < 4.78 is 6.24. The molecule has 0 spiro atoms. The summed E-state index contributed by atoms with van der Waals surface area (Å²) in [7, 11) is 0. The number of carboxylic acid groups (broad SMARTS) is 1. The van der Waals surface area contributed by atoms with Crippen molar-refractivity contribution in [2.24, 2.45) is 0 Å². The predicted molar refractivity (Wildman–Crippen MR) is 75.5 cm³/mol.